The van der Waals surface area contributed by atoms with Crippen LogP contribution in [-0.4, -0.2) is 92.2 Å². The van der Waals surface area contributed by atoms with Gasteiger partial charge in [0.1, 0.15) is 17.9 Å². The molecule has 13 nitrogen and oxygen atoms in total. The van der Waals surface area contributed by atoms with Crippen LogP contribution in [0, 0.1) is 5.41 Å². The van der Waals surface area contributed by atoms with Crippen molar-refractivity contribution in [2.24, 2.45) is 5.41 Å². The molecule has 14 heteroatoms. The van der Waals surface area contributed by atoms with Crippen LogP contribution in [0.5, 0.6) is 5.75 Å². The first-order valence-corrected chi connectivity index (χ1v) is 18.6. The smallest absolute Gasteiger partial charge is 0.315 e. The number of hydrogen-bond donors (Lipinski definition) is 5. The van der Waals surface area contributed by atoms with Gasteiger partial charge in [0.2, 0.25) is 5.91 Å². The average molecular weight is 722 g/mol. The minimum absolute atomic E-state index is 0.0324. The Kier molecular flexibility index (Phi) is 11.7. The maximum Gasteiger partial charge on any atom is 0.315 e. The minimum Gasteiger partial charge on any atom is -0.487 e. The second-order valence-electron chi connectivity index (χ2n) is 15.6. The number of nitrogens with zero attached hydrogens (tertiary/aromatic N) is 3. The first kappa shape index (κ1) is 38.1. The van der Waals surface area contributed by atoms with E-state index in [2.05, 4.69) is 26.3 Å². The Morgan fingerprint density at radius 2 is 1.84 bits per heavy atom. The van der Waals surface area contributed by atoms with Crippen LogP contribution in [0.1, 0.15) is 80.6 Å². The van der Waals surface area contributed by atoms with Gasteiger partial charge < -0.3 is 31.1 Å². The molecule has 5 amide bonds. The van der Waals surface area contributed by atoms with Gasteiger partial charge in [-0.1, -0.05) is 40.2 Å². The van der Waals surface area contributed by atoms with Crippen LogP contribution in [0.4, 0.5) is 4.79 Å². The van der Waals surface area contributed by atoms with Crippen LogP contribution < -0.4 is 26.0 Å². The monoisotopic (exact) mass is 721 g/mol. The Bertz CT molecular complexity index is 1720. The number of ether oxygens (including phenoxy) is 1. The summed E-state index contributed by atoms with van der Waals surface area (Å²) in [7, 11) is 0. The van der Waals surface area contributed by atoms with E-state index < -0.39 is 65.0 Å². The molecule has 1 saturated carbocycles. The van der Waals surface area contributed by atoms with Crippen molar-refractivity contribution in [3.05, 3.63) is 41.9 Å². The lowest BCUT2D eigenvalue weighted by molar-refractivity contribution is -0.156. The number of imide groups is 1. The van der Waals surface area contributed by atoms with E-state index in [1.54, 1.807) is 27.0 Å². The SMILES string of the molecule is CCC[C@@H](C(O)C(=O)NC1CC1)N(C(=O)[C@@H]1C[C@@H](Oc2cc(-c3ccccn3)nc3ccsc23)CN1)C(=O)[C@@H](NC(=O)NC(C)(C)C)C(C)(C)C. The van der Waals surface area contributed by atoms with Gasteiger partial charge in [0.15, 0.2) is 6.10 Å². The Balaban J connectivity index is 1.43. The molecular formula is C37H51N7O6S. The van der Waals surface area contributed by atoms with Crippen LogP contribution in [0.25, 0.3) is 21.6 Å². The van der Waals surface area contributed by atoms with E-state index in [9.17, 15) is 24.3 Å². The van der Waals surface area contributed by atoms with E-state index >= 15 is 0 Å². The number of thiophene rings is 1. The van der Waals surface area contributed by atoms with Gasteiger partial charge in [0.05, 0.1) is 33.7 Å². The normalized spacial score (nSPS) is 19.5. The molecule has 0 aromatic carbocycles. The molecule has 1 aliphatic heterocycles. The lowest BCUT2D eigenvalue weighted by Crippen LogP contribution is -2.65. The standard InChI is InChI=1S/C37H51N7O6S/c1-8-11-27(29(45)32(46)40-21-13-14-21)44(34(48)31(36(2,3)4)42-35(49)43-37(5,6)7)33(47)26-18-22(20-39-26)50-28-19-25(23-12-9-10-16-38-23)41-24-15-17-51-30(24)28/h9-10,12,15-17,19,21-22,26-27,29,31,39,45H,8,11,13-14,18,20H2,1-7H3,(H,40,46)(H2,42,43,49)/t22-,26+,27+,29?,31-/m1/s1. The summed E-state index contributed by atoms with van der Waals surface area (Å²) in [4.78, 5) is 65.8. The predicted octanol–water partition coefficient (Wildman–Crippen LogP) is 4.14. The number of aliphatic hydroxyl groups is 1. The molecule has 5 N–H and O–H groups in total. The molecule has 0 spiro atoms. The number of hydrogen-bond acceptors (Lipinski definition) is 10. The van der Waals surface area contributed by atoms with Crippen molar-refractivity contribution in [3.8, 4) is 17.1 Å². The summed E-state index contributed by atoms with van der Waals surface area (Å²) in [5.41, 5.74) is 0.703. The van der Waals surface area contributed by atoms with Gasteiger partial charge in [-0.15, -0.1) is 11.3 Å². The molecule has 2 fully saturated rings. The highest BCUT2D eigenvalue weighted by Crippen LogP contribution is 2.35. The van der Waals surface area contributed by atoms with Crippen LogP contribution in [0.3, 0.4) is 0 Å². The van der Waals surface area contributed by atoms with Crippen molar-refractivity contribution in [2.45, 2.75) is 122 Å². The van der Waals surface area contributed by atoms with Gasteiger partial charge in [-0.05, 0) is 69.0 Å². The summed E-state index contributed by atoms with van der Waals surface area (Å²) in [6.45, 7) is 13.0. The molecule has 3 aromatic rings. The molecule has 5 atom stereocenters. The van der Waals surface area contributed by atoms with Crippen molar-refractivity contribution < 1.29 is 29.0 Å². The third-order valence-corrected chi connectivity index (χ3v) is 9.73. The summed E-state index contributed by atoms with van der Waals surface area (Å²) in [5, 5.41) is 25.0. The number of carbonyl (C=O) groups is 4. The number of rotatable bonds is 12. The topological polar surface area (TPSA) is 175 Å². The zero-order valence-electron chi connectivity index (χ0n) is 30.5. The van der Waals surface area contributed by atoms with Gasteiger partial charge in [0.25, 0.3) is 11.8 Å². The number of nitrogens with one attached hydrogen (secondary N) is 4. The summed E-state index contributed by atoms with van der Waals surface area (Å²) in [5.74, 6) is -1.32. The molecule has 1 unspecified atom stereocenters. The number of carbonyl (C=O) groups excluding carboxylic acids is 4. The highest BCUT2D eigenvalue weighted by atomic mass is 32.1. The fraction of sp³-hybridized carbons (Fsp3) is 0.568. The maximum absolute atomic E-state index is 14.7. The highest BCUT2D eigenvalue weighted by Gasteiger charge is 2.47. The molecule has 5 rings (SSSR count). The molecule has 2 aliphatic rings. The minimum atomic E-state index is -1.66. The van der Waals surface area contributed by atoms with E-state index in [0.29, 0.717) is 30.1 Å². The second kappa shape index (κ2) is 15.6. The quantitative estimate of drug-likeness (QED) is 0.184. The summed E-state index contributed by atoms with van der Waals surface area (Å²) in [6, 6.07) is 5.57. The molecular weight excluding hydrogens is 671 g/mol. The van der Waals surface area contributed by atoms with Gasteiger partial charge in [0, 0.05) is 36.8 Å². The fourth-order valence-corrected chi connectivity index (χ4v) is 6.92. The van der Waals surface area contributed by atoms with Crippen LogP contribution in [0.15, 0.2) is 41.9 Å². The molecule has 1 aliphatic carbocycles. The van der Waals surface area contributed by atoms with Crippen molar-refractivity contribution in [1.29, 1.82) is 0 Å². The summed E-state index contributed by atoms with van der Waals surface area (Å²) < 4.78 is 7.38. The lowest BCUT2D eigenvalue weighted by atomic mass is 9.85. The van der Waals surface area contributed by atoms with Gasteiger partial charge >= 0.3 is 6.03 Å². The predicted molar refractivity (Wildman–Crippen MR) is 196 cm³/mol. The molecule has 51 heavy (non-hydrogen) atoms. The molecule has 4 heterocycles. The number of fused-ring (bicyclic) bond motifs is 1. The fourth-order valence-electron chi connectivity index (χ4n) is 6.13. The largest absolute Gasteiger partial charge is 0.487 e. The first-order valence-electron chi connectivity index (χ1n) is 17.7. The van der Waals surface area contributed by atoms with E-state index in [0.717, 1.165) is 28.0 Å². The Morgan fingerprint density at radius 1 is 1.10 bits per heavy atom. The Morgan fingerprint density at radius 3 is 2.47 bits per heavy atom. The number of aliphatic hydroxyl groups excluding tert-OH is 1. The Hall–Kier alpha value is -4.14. The molecule has 3 aromatic heterocycles. The zero-order valence-corrected chi connectivity index (χ0v) is 31.3. The number of amides is 5. The van der Waals surface area contributed by atoms with Crippen LogP contribution in [-0.2, 0) is 14.4 Å². The number of aromatic nitrogens is 2. The van der Waals surface area contributed by atoms with E-state index in [1.807, 2.05) is 63.4 Å². The lowest BCUT2D eigenvalue weighted by Gasteiger charge is -2.40. The maximum atomic E-state index is 14.7. The third-order valence-electron chi connectivity index (χ3n) is 8.81. The first-order chi connectivity index (χ1) is 24.1. The van der Waals surface area contributed by atoms with E-state index in [4.69, 9.17) is 9.72 Å². The van der Waals surface area contributed by atoms with E-state index in [1.165, 1.54) is 11.3 Å². The van der Waals surface area contributed by atoms with E-state index in [-0.39, 0.29) is 18.9 Å². The van der Waals surface area contributed by atoms with Gasteiger partial charge in [-0.25, -0.2) is 9.78 Å². The molecule has 0 radical (unpaired) electrons. The summed E-state index contributed by atoms with van der Waals surface area (Å²) in [6.07, 6.45) is 2.10. The molecule has 276 valence electrons. The number of pyridine rings is 2. The Labute approximate surface area is 303 Å². The third kappa shape index (κ3) is 9.60. The van der Waals surface area contributed by atoms with Gasteiger partial charge in [-0.3, -0.25) is 24.3 Å². The van der Waals surface area contributed by atoms with Crippen LogP contribution in [0.2, 0.25) is 0 Å². The van der Waals surface area contributed by atoms with Crippen molar-refractivity contribution >= 4 is 45.3 Å². The molecule has 1 saturated heterocycles. The second-order valence-corrected chi connectivity index (χ2v) is 16.5. The highest BCUT2D eigenvalue weighted by molar-refractivity contribution is 7.17. The zero-order chi connectivity index (χ0) is 37.1. The van der Waals surface area contributed by atoms with Crippen molar-refractivity contribution in [2.75, 3.05) is 6.54 Å². The molecule has 0 bridgehead atoms. The van der Waals surface area contributed by atoms with Gasteiger partial charge in [-0.2, -0.15) is 0 Å². The number of urea groups is 1. The van der Waals surface area contributed by atoms with Crippen molar-refractivity contribution in [3.63, 3.8) is 0 Å². The van der Waals surface area contributed by atoms with Crippen molar-refractivity contribution in [1.82, 2.24) is 36.1 Å². The average Bonchev–Trinajstić information content (AvgIpc) is 3.53. The summed E-state index contributed by atoms with van der Waals surface area (Å²) >= 11 is 1.50. The van der Waals surface area contributed by atoms with Crippen LogP contribution >= 0.6 is 11.3 Å².